The number of nitrogens with zero attached hydrogens (tertiary/aromatic N) is 4. The number of aromatic nitrogens is 4. The van der Waals surface area contributed by atoms with Crippen molar-refractivity contribution in [2.45, 2.75) is 51.5 Å². The lowest BCUT2D eigenvalue weighted by Crippen LogP contribution is -2.40. The molecule has 3 aromatic rings. The van der Waals surface area contributed by atoms with Gasteiger partial charge in [-0.05, 0) is 49.4 Å². The number of hydrogen-bond donors (Lipinski definition) is 2. The van der Waals surface area contributed by atoms with Crippen molar-refractivity contribution in [3.05, 3.63) is 58.3 Å². The van der Waals surface area contributed by atoms with E-state index in [1.165, 1.54) is 11.3 Å². The van der Waals surface area contributed by atoms with Crippen LogP contribution in [0.15, 0.2) is 24.4 Å². The molecular weight excluding hydrogens is 394 g/mol. The second kappa shape index (κ2) is 7.32. The van der Waals surface area contributed by atoms with Crippen LogP contribution in [0.2, 0.25) is 0 Å². The zero-order chi connectivity index (χ0) is 20.9. The third kappa shape index (κ3) is 3.01. The van der Waals surface area contributed by atoms with Crippen molar-refractivity contribution < 1.29 is 14.6 Å². The molecule has 6 rings (SSSR count). The van der Waals surface area contributed by atoms with Crippen LogP contribution < -0.4 is 5.32 Å². The second-order valence-electron chi connectivity index (χ2n) is 8.53. The summed E-state index contributed by atoms with van der Waals surface area (Å²) >= 11 is 0. The molecule has 31 heavy (non-hydrogen) atoms. The maximum absolute atomic E-state index is 12.5. The van der Waals surface area contributed by atoms with E-state index in [-0.39, 0.29) is 18.6 Å². The van der Waals surface area contributed by atoms with Crippen LogP contribution in [0.25, 0.3) is 11.3 Å². The number of amides is 1. The lowest BCUT2D eigenvalue weighted by atomic mass is 9.97. The van der Waals surface area contributed by atoms with Gasteiger partial charge in [0.05, 0.1) is 49.5 Å². The van der Waals surface area contributed by atoms with Crippen molar-refractivity contribution in [3.63, 3.8) is 0 Å². The molecule has 1 aliphatic carbocycles. The van der Waals surface area contributed by atoms with Gasteiger partial charge in [0.1, 0.15) is 5.69 Å². The SMILES string of the molecule is O=C1NCC(c2ncc(-c3cc4n(n3)CCOC4)cc2CO)n2c1cc1c2CCCC1. The maximum atomic E-state index is 12.5. The van der Waals surface area contributed by atoms with E-state index in [1.54, 1.807) is 0 Å². The lowest BCUT2D eigenvalue weighted by molar-refractivity contribution is 0.0801. The Kier molecular flexibility index (Phi) is 4.43. The molecule has 0 saturated carbocycles. The summed E-state index contributed by atoms with van der Waals surface area (Å²) in [6.45, 7) is 2.34. The summed E-state index contributed by atoms with van der Waals surface area (Å²) in [5.41, 5.74) is 7.58. The Morgan fingerprint density at radius 3 is 3.00 bits per heavy atom. The molecule has 0 bridgehead atoms. The predicted octanol–water partition coefficient (Wildman–Crippen LogP) is 1.98. The van der Waals surface area contributed by atoms with E-state index in [2.05, 4.69) is 15.0 Å². The Morgan fingerprint density at radius 1 is 1.23 bits per heavy atom. The molecule has 1 unspecified atom stereocenters. The highest BCUT2D eigenvalue weighted by Crippen LogP contribution is 2.34. The minimum atomic E-state index is -0.116. The fourth-order valence-electron chi connectivity index (χ4n) is 5.17. The van der Waals surface area contributed by atoms with Gasteiger partial charge in [-0.15, -0.1) is 0 Å². The highest BCUT2D eigenvalue weighted by molar-refractivity contribution is 5.94. The van der Waals surface area contributed by atoms with E-state index in [0.717, 1.165) is 60.4 Å². The van der Waals surface area contributed by atoms with Gasteiger partial charge in [0, 0.05) is 29.6 Å². The van der Waals surface area contributed by atoms with Crippen molar-refractivity contribution in [2.24, 2.45) is 0 Å². The molecule has 2 N–H and O–H groups in total. The van der Waals surface area contributed by atoms with E-state index in [9.17, 15) is 9.90 Å². The molecule has 5 heterocycles. The Balaban J connectivity index is 1.42. The molecule has 0 fully saturated rings. The molecule has 1 amide bonds. The monoisotopic (exact) mass is 419 g/mol. The number of aliphatic hydroxyl groups is 1. The average molecular weight is 419 g/mol. The van der Waals surface area contributed by atoms with Gasteiger partial charge in [-0.2, -0.15) is 5.10 Å². The molecule has 2 aliphatic heterocycles. The number of carbonyl (C=O) groups is 1. The summed E-state index contributed by atoms with van der Waals surface area (Å²) in [7, 11) is 0. The molecule has 0 aromatic carbocycles. The zero-order valence-corrected chi connectivity index (χ0v) is 17.3. The topological polar surface area (TPSA) is 94.2 Å². The standard InChI is InChI=1S/C23H25N5O3/c29-12-16-7-15(18-9-17-13-31-6-5-27(17)26-18)10-24-22(16)21-11-25-23(30)20-8-14-3-1-2-4-19(14)28(20)21/h7-10,21,29H,1-6,11-13H2,(H,25,30). The van der Waals surface area contributed by atoms with Crippen LogP contribution in [0.4, 0.5) is 0 Å². The van der Waals surface area contributed by atoms with Crippen LogP contribution in [0.1, 0.15) is 57.6 Å². The van der Waals surface area contributed by atoms with Gasteiger partial charge in [0.25, 0.3) is 5.91 Å². The summed E-state index contributed by atoms with van der Waals surface area (Å²) in [6, 6.07) is 5.93. The lowest BCUT2D eigenvalue weighted by Gasteiger charge is -2.30. The van der Waals surface area contributed by atoms with Crippen LogP contribution in [0.3, 0.4) is 0 Å². The van der Waals surface area contributed by atoms with Crippen LogP contribution >= 0.6 is 0 Å². The van der Waals surface area contributed by atoms with E-state index in [0.29, 0.717) is 25.5 Å². The summed E-state index contributed by atoms with van der Waals surface area (Å²) in [5, 5.41) is 17.9. The first kappa shape index (κ1) is 18.8. The number of rotatable bonds is 3. The summed E-state index contributed by atoms with van der Waals surface area (Å²) in [5.74, 6) is -0.0290. The number of carbonyl (C=O) groups excluding carboxylic acids is 1. The molecule has 0 saturated heterocycles. The van der Waals surface area contributed by atoms with Crippen LogP contribution in [0.5, 0.6) is 0 Å². The fraction of sp³-hybridized carbons (Fsp3) is 0.435. The van der Waals surface area contributed by atoms with Crippen LogP contribution in [0, 0.1) is 0 Å². The number of aliphatic hydroxyl groups excluding tert-OH is 1. The van der Waals surface area contributed by atoms with Gasteiger partial charge in [-0.3, -0.25) is 14.5 Å². The van der Waals surface area contributed by atoms with E-state index >= 15 is 0 Å². The van der Waals surface area contributed by atoms with Gasteiger partial charge in [0.2, 0.25) is 0 Å². The molecule has 0 radical (unpaired) electrons. The van der Waals surface area contributed by atoms with E-state index in [4.69, 9.17) is 9.72 Å². The molecule has 1 atom stereocenters. The average Bonchev–Trinajstić information content (AvgIpc) is 3.42. The summed E-state index contributed by atoms with van der Waals surface area (Å²) in [4.78, 5) is 17.3. The first-order valence-corrected chi connectivity index (χ1v) is 11.0. The molecule has 0 spiro atoms. The number of hydrogen-bond acceptors (Lipinski definition) is 5. The van der Waals surface area contributed by atoms with Crippen LogP contribution in [-0.4, -0.2) is 43.5 Å². The van der Waals surface area contributed by atoms with Gasteiger partial charge >= 0.3 is 0 Å². The summed E-state index contributed by atoms with van der Waals surface area (Å²) in [6.07, 6.45) is 6.13. The maximum Gasteiger partial charge on any atom is 0.268 e. The van der Waals surface area contributed by atoms with Crippen LogP contribution in [-0.2, 0) is 37.3 Å². The van der Waals surface area contributed by atoms with Gasteiger partial charge < -0.3 is 19.7 Å². The second-order valence-corrected chi connectivity index (χ2v) is 8.53. The van der Waals surface area contributed by atoms with Crippen molar-refractivity contribution in [1.29, 1.82) is 0 Å². The molecule has 3 aromatic heterocycles. The largest absolute Gasteiger partial charge is 0.392 e. The number of nitrogens with one attached hydrogen (secondary N) is 1. The number of ether oxygens (including phenoxy) is 1. The molecule has 3 aliphatic rings. The quantitative estimate of drug-likeness (QED) is 0.677. The molecule has 160 valence electrons. The van der Waals surface area contributed by atoms with Gasteiger partial charge in [0.15, 0.2) is 0 Å². The van der Waals surface area contributed by atoms with Crippen molar-refractivity contribution in [2.75, 3.05) is 13.2 Å². The Morgan fingerprint density at radius 2 is 2.13 bits per heavy atom. The molecule has 8 heteroatoms. The third-order valence-electron chi connectivity index (χ3n) is 6.69. The third-order valence-corrected chi connectivity index (χ3v) is 6.69. The predicted molar refractivity (Wildman–Crippen MR) is 113 cm³/mol. The number of fused-ring (bicyclic) bond motifs is 4. The Hall–Kier alpha value is -2.97. The minimum absolute atomic E-state index is 0.0290. The van der Waals surface area contributed by atoms with Crippen molar-refractivity contribution in [3.8, 4) is 11.3 Å². The number of aryl methyl sites for hydroxylation is 1. The minimum Gasteiger partial charge on any atom is -0.392 e. The van der Waals surface area contributed by atoms with E-state index < -0.39 is 0 Å². The number of pyridine rings is 1. The normalized spacial score (nSPS) is 20.0. The van der Waals surface area contributed by atoms with Crippen molar-refractivity contribution >= 4 is 5.91 Å². The summed E-state index contributed by atoms with van der Waals surface area (Å²) < 4.78 is 9.65. The first-order chi connectivity index (χ1) is 15.2. The Labute approximate surface area is 179 Å². The van der Waals surface area contributed by atoms with E-state index in [1.807, 2.05) is 29.1 Å². The molecular formula is C23H25N5O3. The first-order valence-electron chi connectivity index (χ1n) is 11.0. The van der Waals surface area contributed by atoms with Crippen molar-refractivity contribution in [1.82, 2.24) is 24.6 Å². The Bertz CT molecular complexity index is 1150. The fourth-order valence-corrected chi connectivity index (χ4v) is 5.17. The molecule has 8 nitrogen and oxygen atoms in total. The smallest absolute Gasteiger partial charge is 0.268 e. The van der Waals surface area contributed by atoms with Gasteiger partial charge in [-0.1, -0.05) is 0 Å². The van der Waals surface area contributed by atoms with Gasteiger partial charge in [-0.25, -0.2) is 0 Å². The zero-order valence-electron chi connectivity index (χ0n) is 17.3. The highest BCUT2D eigenvalue weighted by Gasteiger charge is 2.33. The highest BCUT2D eigenvalue weighted by atomic mass is 16.5.